The third-order valence-electron chi connectivity index (χ3n) is 2.64. The van der Waals surface area contributed by atoms with Gasteiger partial charge in [0, 0.05) is 0 Å². The fourth-order valence-corrected chi connectivity index (χ4v) is 4.30. The molecule has 6 heteroatoms. The highest BCUT2D eigenvalue weighted by atomic mass is 35.5. The third kappa shape index (κ3) is 3.29. The first-order valence-electron chi connectivity index (χ1n) is 5.77. The third-order valence-corrected chi connectivity index (χ3v) is 5.73. The molecule has 0 aliphatic carbocycles. The average Bonchev–Trinajstić information content (AvgIpc) is 2.76. The molecule has 1 aromatic heterocycles. The van der Waals surface area contributed by atoms with Crippen molar-refractivity contribution in [3.63, 3.8) is 0 Å². The van der Waals surface area contributed by atoms with E-state index < -0.39 is 10.0 Å². The summed E-state index contributed by atoms with van der Waals surface area (Å²) in [5.41, 5.74) is 1.58. The fraction of sp³-hybridized carbons (Fsp3) is 0.231. The fourth-order valence-electron chi connectivity index (χ4n) is 1.73. The SMILES string of the molecule is CC(C)c1ccccc1NS(=O)(=O)c1ccc(Cl)s1. The van der Waals surface area contributed by atoms with Crippen LogP contribution in [0.25, 0.3) is 0 Å². The van der Waals surface area contributed by atoms with Crippen molar-refractivity contribution in [1.82, 2.24) is 0 Å². The number of thiophene rings is 1. The maximum absolute atomic E-state index is 12.2. The standard InChI is InChI=1S/C13H14ClNO2S2/c1-9(2)10-5-3-4-6-11(10)15-19(16,17)13-8-7-12(14)18-13/h3-9,15H,1-2H3. The van der Waals surface area contributed by atoms with Crippen LogP contribution in [-0.4, -0.2) is 8.42 Å². The molecule has 0 atom stereocenters. The van der Waals surface area contributed by atoms with E-state index in [1.54, 1.807) is 12.1 Å². The van der Waals surface area contributed by atoms with E-state index in [9.17, 15) is 8.42 Å². The van der Waals surface area contributed by atoms with Crippen molar-refractivity contribution < 1.29 is 8.42 Å². The van der Waals surface area contributed by atoms with Crippen molar-refractivity contribution in [2.75, 3.05) is 4.72 Å². The molecule has 0 radical (unpaired) electrons. The van der Waals surface area contributed by atoms with E-state index >= 15 is 0 Å². The Morgan fingerprint density at radius 3 is 2.42 bits per heavy atom. The molecule has 0 spiro atoms. The molecule has 0 aliphatic rings. The predicted molar refractivity (Wildman–Crippen MR) is 80.7 cm³/mol. The smallest absolute Gasteiger partial charge is 0.271 e. The minimum atomic E-state index is -3.56. The molecule has 3 nitrogen and oxygen atoms in total. The molecule has 0 bridgehead atoms. The van der Waals surface area contributed by atoms with Gasteiger partial charge in [0.2, 0.25) is 0 Å². The molecule has 2 aromatic rings. The second kappa shape index (κ2) is 5.53. The summed E-state index contributed by atoms with van der Waals surface area (Å²) < 4.78 is 27.8. The molecule has 0 unspecified atom stereocenters. The summed E-state index contributed by atoms with van der Waals surface area (Å²) >= 11 is 6.82. The number of rotatable bonds is 4. The molecule has 0 amide bonds. The number of sulfonamides is 1. The topological polar surface area (TPSA) is 46.2 Å². The van der Waals surface area contributed by atoms with Crippen LogP contribution in [0.4, 0.5) is 5.69 Å². The first kappa shape index (κ1) is 14.4. The molecule has 19 heavy (non-hydrogen) atoms. The second-order valence-corrected chi connectivity index (χ2v) is 8.03. The minimum absolute atomic E-state index is 0.219. The molecule has 0 fully saturated rings. The molecular formula is C13H14ClNO2S2. The van der Waals surface area contributed by atoms with Gasteiger partial charge in [-0.3, -0.25) is 4.72 Å². The lowest BCUT2D eigenvalue weighted by Gasteiger charge is -2.13. The van der Waals surface area contributed by atoms with E-state index in [-0.39, 0.29) is 10.1 Å². The molecular weight excluding hydrogens is 302 g/mol. The highest BCUT2D eigenvalue weighted by molar-refractivity contribution is 7.94. The number of halogens is 1. The summed E-state index contributed by atoms with van der Waals surface area (Å²) in [7, 11) is -3.56. The minimum Gasteiger partial charge on any atom is -0.279 e. The Kier molecular flexibility index (Phi) is 4.18. The van der Waals surface area contributed by atoms with Gasteiger partial charge in [0.05, 0.1) is 10.0 Å². The number of hydrogen-bond acceptors (Lipinski definition) is 3. The first-order valence-corrected chi connectivity index (χ1v) is 8.45. The summed E-state index contributed by atoms with van der Waals surface area (Å²) in [6, 6.07) is 10.5. The van der Waals surface area contributed by atoms with Crippen LogP contribution in [0.15, 0.2) is 40.6 Å². The maximum Gasteiger partial charge on any atom is 0.271 e. The number of nitrogens with one attached hydrogen (secondary N) is 1. The molecule has 1 aromatic carbocycles. The van der Waals surface area contributed by atoms with E-state index in [1.165, 1.54) is 6.07 Å². The van der Waals surface area contributed by atoms with E-state index in [4.69, 9.17) is 11.6 Å². The van der Waals surface area contributed by atoms with Gasteiger partial charge in [-0.05, 0) is 29.7 Å². The van der Waals surface area contributed by atoms with Crippen molar-refractivity contribution in [2.24, 2.45) is 0 Å². The molecule has 2 rings (SSSR count). The largest absolute Gasteiger partial charge is 0.279 e. The lowest BCUT2D eigenvalue weighted by atomic mass is 10.0. The highest BCUT2D eigenvalue weighted by Crippen LogP contribution is 2.30. The summed E-state index contributed by atoms with van der Waals surface area (Å²) in [5.74, 6) is 0.242. The van der Waals surface area contributed by atoms with Crippen molar-refractivity contribution in [2.45, 2.75) is 24.0 Å². The number of para-hydroxylation sites is 1. The van der Waals surface area contributed by atoms with Gasteiger partial charge in [-0.2, -0.15) is 0 Å². The Morgan fingerprint density at radius 1 is 1.16 bits per heavy atom. The monoisotopic (exact) mass is 315 g/mol. The quantitative estimate of drug-likeness (QED) is 0.913. The van der Waals surface area contributed by atoms with Crippen LogP contribution in [0.5, 0.6) is 0 Å². The van der Waals surface area contributed by atoms with Gasteiger partial charge in [-0.25, -0.2) is 8.42 Å². The first-order chi connectivity index (χ1) is 8.90. The predicted octanol–water partition coefficient (Wildman–Crippen LogP) is 4.33. The van der Waals surface area contributed by atoms with Crippen molar-refractivity contribution in [1.29, 1.82) is 0 Å². The maximum atomic E-state index is 12.2. The molecule has 1 N–H and O–H groups in total. The zero-order valence-corrected chi connectivity index (χ0v) is 12.9. The zero-order valence-electron chi connectivity index (χ0n) is 10.6. The second-order valence-electron chi connectivity index (χ2n) is 4.41. The molecule has 102 valence electrons. The van der Waals surface area contributed by atoms with Crippen LogP contribution in [0, 0.1) is 0 Å². The van der Waals surface area contributed by atoms with E-state index in [0.717, 1.165) is 16.9 Å². The van der Waals surface area contributed by atoms with Gasteiger partial charge in [0.25, 0.3) is 10.0 Å². The Labute approximate surface area is 122 Å². The summed E-state index contributed by atoms with van der Waals surface area (Å²) in [6.07, 6.45) is 0. The van der Waals surface area contributed by atoms with Gasteiger partial charge in [0.1, 0.15) is 4.21 Å². The Morgan fingerprint density at radius 2 is 1.84 bits per heavy atom. The molecule has 0 aliphatic heterocycles. The lowest BCUT2D eigenvalue weighted by Crippen LogP contribution is -2.13. The van der Waals surface area contributed by atoms with Gasteiger partial charge < -0.3 is 0 Å². The van der Waals surface area contributed by atoms with Crippen LogP contribution in [0.1, 0.15) is 25.3 Å². The van der Waals surface area contributed by atoms with E-state index in [0.29, 0.717) is 10.0 Å². The van der Waals surface area contributed by atoms with E-state index in [1.807, 2.05) is 32.0 Å². The van der Waals surface area contributed by atoms with Crippen LogP contribution in [0.2, 0.25) is 4.34 Å². The number of hydrogen-bond donors (Lipinski definition) is 1. The summed E-state index contributed by atoms with van der Waals surface area (Å²) in [4.78, 5) is 0. The Balaban J connectivity index is 2.36. The van der Waals surface area contributed by atoms with Gasteiger partial charge in [-0.15, -0.1) is 11.3 Å². The Hall–Kier alpha value is -1.04. The highest BCUT2D eigenvalue weighted by Gasteiger charge is 2.18. The van der Waals surface area contributed by atoms with Crippen molar-refractivity contribution in [3.8, 4) is 0 Å². The lowest BCUT2D eigenvalue weighted by molar-refractivity contribution is 0.603. The van der Waals surface area contributed by atoms with Gasteiger partial charge in [-0.1, -0.05) is 43.6 Å². The zero-order chi connectivity index (χ0) is 14.0. The van der Waals surface area contributed by atoms with E-state index in [2.05, 4.69) is 4.72 Å². The average molecular weight is 316 g/mol. The van der Waals surface area contributed by atoms with Crippen molar-refractivity contribution in [3.05, 3.63) is 46.3 Å². The molecule has 0 saturated heterocycles. The molecule has 0 saturated carbocycles. The Bertz CT molecular complexity index is 677. The molecule has 1 heterocycles. The van der Waals surface area contributed by atoms with Crippen molar-refractivity contribution >= 4 is 38.6 Å². The normalized spacial score (nSPS) is 11.8. The van der Waals surface area contributed by atoms with Gasteiger partial charge >= 0.3 is 0 Å². The summed E-state index contributed by atoms with van der Waals surface area (Å²) in [5, 5.41) is 0. The van der Waals surface area contributed by atoms with Crippen LogP contribution in [-0.2, 0) is 10.0 Å². The van der Waals surface area contributed by atoms with Crippen LogP contribution in [0.3, 0.4) is 0 Å². The number of benzene rings is 1. The van der Waals surface area contributed by atoms with Crippen LogP contribution < -0.4 is 4.72 Å². The van der Waals surface area contributed by atoms with Crippen LogP contribution >= 0.6 is 22.9 Å². The van der Waals surface area contributed by atoms with Gasteiger partial charge in [0.15, 0.2) is 0 Å². The summed E-state index contributed by atoms with van der Waals surface area (Å²) in [6.45, 7) is 4.05. The number of anilines is 1.